The number of hydrogen-bond donors (Lipinski definition) is 3. The van der Waals surface area contributed by atoms with Crippen LogP contribution in [0.3, 0.4) is 0 Å². The van der Waals surface area contributed by atoms with Crippen LogP contribution in [0.1, 0.15) is 39.5 Å². The molecule has 2 saturated heterocycles. The standard InChI is InChI=1S/C17H32N4O3.2ClH/c1-13(2)15(18)16(23)19-11-14(22)20-12-17(5-9-24-10-6-17)21-7-3-4-8-21;;/h13,15H,3-12,18H2,1-2H3,(H,19,23)(H,20,22);2*1H/t15-;;/m0../s1. The van der Waals surface area contributed by atoms with Crippen LogP contribution in [-0.2, 0) is 14.3 Å². The minimum absolute atomic E-state index is 0. The summed E-state index contributed by atoms with van der Waals surface area (Å²) in [4.78, 5) is 26.5. The molecule has 0 bridgehead atoms. The summed E-state index contributed by atoms with van der Waals surface area (Å²) in [6, 6.07) is -0.579. The van der Waals surface area contributed by atoms with Gasteiger partial charge in [0.05, 0.1) is 12.6 Å². The molecule has 0 unspecified atom stereocenters. The average molecular weight is 413 g/mol. The average Bonchev–Trinajstić information content (AvgIpc) is 3.13. The van der Waals surface area contributed by atoms with Gasteiger partial charge in [-0.05, 0) is 44.7 Å². The van der Waals surface area contributed by atoms with Crippen molar-refractivity contribution in [3.05, 3.63) is 0 Å². The Morgan fingerprint density at radius 1 is 1.12 bits per heavy atom. The second-order valence-corrected chi connectivity index (χ2v) is 7.30. The first kappa shape index (κ1) is 25.4. The molecule has 0 saturated carbocycles. The third-order valence-electron chi connectivity index (χ3n) is 5.26. The minimum Gasteiger partial charge on any atom is -0.381 e. The molecule has 0 radical (unpaired) electrons. The van der Waals surface area contributed by atoms with E-state index < -0.39 is 6.04 Å². The van der Waals surface area contributed by atoms with Gasteiger partial charge in [0, 0.05) is 25.3 Å². The SMILES string of the molecule is CC(C)[C@H](N)C(=O)NCC(=O)NCC1(N2CCCC2)CCOCC1.Cl.Cl. The van der Waals surface area contributed by atoms with Gasteiger partial charge in [-0.15, -0.1) is 24.8 Å². The number of nitrogens with two attached hydrogens (primary N) is 1. The lowest BCUT2D eigenvalue weighted by Gasteiger charge is -2.44. The van der Waals surface area contributed by atoms with Crippen molar-refractivity contribution in [3.63, 3.8) is 0 Å². The zero-order chi connectivity index (χ0) is 17.6. The zero-order valence-electron chi connectivity index (χ0n) is 15.8. The summed E-state index contributed by atoms with van der Waals surface area (Å²) >= 11 is 0. The molecule has 2 fully saturated rings. The van der Waals surface area contributed by atoms with Gasteiger partial charge in [-0.3, -0.25) is 14.5 Å². The number of carbonyl (C=O) groups excluding carboxylic acids is 2. The third kappa shape index (κ3) is 6.85. The lowest BCUT2D eigenvalue weighted by molar-refractivity contribution is -0.127. The van der Waals surface area contributed by atoms with E-state index in [2.05, 4.69) is 15.5 Å². The molecule has 1 atom stereocenters. The number of nitrogens with one attached hydrogen (secondary N) is 2. The molecule has 2 aliphatic rings. The Balaban J connectivity index is 0.00000312. The summed E-state index contributed by atoms with van der Waals surface area (Å²) in [6.07, 6.45) is 4.33. The van der Waals surface area contributed by atoms with E-state index in [1.807, 2.05) is 13.8 Å². The number of halogens is 2. The van der Waals surface area contributed by atoms with Gasteiger partial charge in [-0.25, -0.2) is 0 Å². The van der Waals surface area contributed by atoms with E-state index in [0.717, 1.165) is 39.1 Å². The predicted octanol–water partition coefficient (Wildman–Crippen LogP) is 0.691. The molecule has 0 aliphatic carbocycles. The van der Waals surface area contributed by atoms with E-state index in [9.17, 15) is 9.59 Å². The highest BCUT2D eigenvalue weighted by Crippen LogP contribution is 2.30. The van der Waals surface area contributed by atoms with E-state index in [4.69, 9.17) is 10.5 Å². The fourth-order valence-corrected chi connectivity index (χ4v) is 3.46. The maximum absolute atomic E-state index is 12.1. The number of ether oxygens (including phenoxy) is 1. The van der Waals surface area contributed by atoms with Crippen LogP contribution in [0.2, 0.25) is 0 Å². The molecule has 2 amide bonds. The van der Waals surface area contributed by atoms with E-state index in [1.165, 1.54) is 12.8 Å². The number of carbonyl (C=O) groups is 2. The van der Waals surface area contributed by atoms with Crippen LogP contribution in [0.5, 0.6) is 0 Å². The fraction of sp³-hybridized carbons (Fsp3) is 0.882. The molecule has 0 aromatic rings. The van der Waals surface area contributed by atoms with Crippen molar-refractivity contribution in [2.45, 2.75) is 51.1 Å². The van der Waals surface area contributed by atoms with Crippen molar-refractivity contribution in [2.24, 2.45) is 11.7 Å². The molecule has 9 heteroatoms. The quantitative estimate of drug-likeness (QED) is 0.571. The highest BCUT2D eigenvalue weighted by atomic mass is 35.5. The first-order valence-corrected chi connectivity index (χ1v) is 9.07. The summed E-state index contributed by atoms with van der Waals surface area (Å²) in [5, 5.41) is 5.62. The number of amides is 2. The van der Waals surface area contributed by atoms with Gasteiger partial charge in [0.1, 0.15) is 0 Å². The van der Waals surface area contributed by atoms with Gasteiger partial charge in [0.2, 0.25) is 11.8 Å². The fourth-order valence-electron chi connectivity index (χ4n) is 3.46. The lowest BCUT2D eigenvalue weighted by Crippen LogP contribution is -2.58. The van der Waals surface area contributed by atoms with Crippen LogP contribution in [0.15, 0.2) is 0 Å². The topological polar surface area (TPSA) is 96.7 Å². The van der Waals surface area contributed by atoms with Crippen LogP contribution >= 0.6 is 24.8 Å². The predicted molar refractivity (Wildman–Crippen MR) is 107 cm³/mol. The molecular weight excluding hydrogens is 379 g/mol. The van der Waals surface area contributed by atoms with Gasteiger partial charge in [-0.1, -0.05) is 13.8 Å². The molecular formula is C17H34Cl2N4O3. The van der Waals surface area contributed by atoms with Crippen molar-refractivity contribution < 1.29 is 14.3 Å². The van der Waals surface area contributed by atoms with E-state index in [-0.39, 0.29) is 54.6 Å². The highest BCUT2D eigenvalue weighted by molar-refractivity contribution is 5.87. The monoisotopic (exact) mass is 412 g/mol. The molecule has 0 spiro atoms. The zero-order valence-corrected chi connectivity index (χ0v) is 17.4. The largest absolute Gasteiger partial charge is 0.381 e. The Bertz CT molecular complexity index is 440. The molecule has 4 N–H and O–H groups in total. The maximum atomic E-state index is 12.1. The second kappa shape index (κ2) is 12.0. The van der Waals surface area contributed by atoms with Crippen LogP contribution < -0.4 is 16.4 Å². The van der Waals surface area contributed by atoms with Gasteiger partial charge >= 0.3 is 0 Å². The molecule has 2 rings (SSSR count). The Morgan fingerprint density at radius 2 is 1.69 bits per heavy atom. The van der Waals surface area contributed by atoms with Crippen molar-refractivity contribution in [1.29, 1.82) is 0 Å². The molecule has 2 aliphatic heterocycles. The van der Waals surface area contributed by atoms with Crippen molar-refractivity contribution >= 4 is 36.6 Å². The minimum atomic E-state index is -0.579. The van der Waals surface area contributed by atoms with Crippen LogP contribution in [0, 0.1) is 5.92 Å². The lowest BCUT2D eigenvalue weighted by atomic mass is 9.88. The smallest absolute Gasteiger partial charge is 0.239 e. The van der Waals surface area contributed by atoms with Gasteiger partial charge < -0.3 is 21.1 Å². The van der Waals surface area contributed by atoms with Crippen LogP contribution in [-0.4, -0.2) is 67.7 Å². The van der Waals surface area contributed by atoms with Gasteiger partial charge in [0.25, 0.3) is 0 Å². The Hall–Kier alpha value is -0.600. The van der Waals surface area contributed by atoms with Crippen LogP contribution in [0.4, 0.5) is 0 Å². The Labute approximate surface area is 169 Å². The normalized spacial score (nSPS) is 20.6. The number of likely N-dealkylation sites (tertiary alicyclic amines) is 1. The molecule has 2 heterocycles. The number of nitrogens with zero attached hydrogens (tertiary/aromatic N) is 1. The van der Waals surface area contributed by atoms with Crippen molar-refractivity contribution in [3.8, 4) is 0 Å². The first-order chi connectivity index (χ1) is 11.4. The Kier molecular flexibility index (Phi) is 11.7. The summed E-state index contributed by atoms with van der Waals surface area (Å²) in [5.41, 5.74) is 5.78. The summed E-state index contributed by atoms with van der Waals surface area (Å²) in [6.45, 7) is 8.03. The second-order valence-electron chi connectivity index (χ2n) is 7.30. The van der Waals surface area contributed by atoms with E-state index >= 15 is 0 Å². The summed E-state index contributed by atoms with van der Waals surface area (Å²) < 4.78 is 5.51. The summed E-state index contributed by atoms with van der Waals surface area (Å²) in [7, 11) is 0. The molecule has 26 heavy (non-hydrogen) atoms. The highest BCUT2D eigenvalue weighted by Gasteiger charge is 2.39. The Morgan fingerprint density at radius 3 is 2.23 bits per heavy atom. The number of rotatable bonds is 7. The van der Waals surface area contributed by atoms with Crippen molar-refractivity contribution in [1.82, 2.24) is 15.5 Å². The van der Waals surface area contributed by atoms with E-state index in [1.54, 1.807) is 0 Å². The number of hydrogen-bond acceptors (Lipinski definition) is 5. The third-order valence-corrected chi connectivity index (χ3v) is 5.26. The molecule has 0 aromatic carbocycles. The van der Waals surface area contributed by atoms with Gasteiger partial charge in [0.15, 0.2) is 0 Å². The molecule has 0 aromatic heterocycles. The van der Waals surface area contributed by atoms with Crippen LogP contribution in [0.25, 0.3) is 0 Å². The molecule has 7 nitrogen and oxygen atoms in total. The van der Waals surface area contributed by atoms with Crippen molar-refractivity contribution in [2.75, 3.05) is 39.4 Å². The van der Waals surface area contributed by atoms with E-state index in [0.29, 0.717) is 6.54 Å². The first-order valence-electron chi connectivity index (χ1n) is 9.07. The summed E-state index contributed by atoms with van der Waals surface area (Å²) in [5.74, 6) is -0.390. The maximum Gasteiger partial charge on any atom is 0.239 e. The van der Waals surface area contributed by atoms with Gasteiger partial charge in [-0.2, -0.15) is 0 Å². The molecule has 154 valence electrons.